The number of fused-ring (bicyclic) bond motifs is 5. The fraction of sp³-hybridized carbons (Fsp3) is 0.647. The number of rotatable bonds is 3. The molecule has 0 spiro atoms. The number of carbonyl (C=O) groups is 1. The number of hydrogen-bond donors (Lipinski definition) is 1. The van der Waals surface area contributed by atoms with E-state index >= 15 is 0 Å². The summed E-state index contributed by atoms with van der Waals surface area (Å²) in [7, 11) is 0. The van der Waals surface area contributed by atoms with Crippen molar-refractivity contribution in [3.8, 4) is 6.07 Å². The molecule has 2 aliphatic carbocycles. The summed E-state index contributed by atoms with van der Waals surface area (Å²) < 4.78 is 0. The third-order valence-electron chi connectivity index (χ3n) is 6.25. The molecule has 3 aliphatic rings. The lowest BCUT2D eigenvalue weighted by Gasteiger charge is -2.34. The summed E-state index contributed by atoms with van der Waals surface area (Å²) >= 11 is 1.41. The van der Waals surface area contributed by atoms with Crippen molar-refractivity contribution in [2.75, 3.05) is 25.0 Å². The third-order valence-corrected chi connectivity index (χ3v) is 7.08. The number of hydrogen-bond acceptors (Lipinski definition) is 4. The van der Waals surface area contributed by atoms with E-state index in [4.69, 9.17) is 5.26 Å². The van der Waals surface area contributed by atoms with Gasteiger partial charge in [-0.1, -0.05) is 6.92 Å². The Hall–Kier alpha value is -1.38. The summed E-state index contributed by atoms with van der Waals surface area (Å²) in [5, 5.41) is 14.4. The molecule has 2 bridgehead atoms. The third kappa shape index (κ3) is 2.09. The van der Waals surface area contributed by atoms with Crippen LogP contribution in [0.4, 0.5) is 5.00 Å². The molecule has 22 heavy (non-hydrogen) atoms. The topological polar surface area (TPSA) is 56.1 Å². The molecular weight excluding hydrogens is 294 g/mol. The first kappa shape index (κ1) is 14.2. The van der Waals surface area contributed by atoms with Crippen molar-refractivity contribution in [2.45, 2.75) is 26.2 Å². The molecule has 1 aromatic rings. The van der Waals surface area contributed by atoms with Gasteiger partial charge in [-0.15, -0.1) is 11.3 Å². The number of nitrogens with one attached hydrogen (secondary N) is 1. The summed E-state index contributed by atoms with van der Waals surface area (Å²) in [5.41, 5.74) is 0.992. The zero-order valence-electron chi connectivity index (χ0n) is 12.8. The Bertz CT molecular complexity index is 649. The van der Waals surface area contributed by atoms with Gasteiger partial charge in [-0.05, 0) is 53.9 Å². The number of anilines is 1. The van der Waals surface area contributed by atoms with Gasteiger partial charge in [-0.2, -0.15) is 5.26 Å². The summed E-state index contributed by atoms with van der Waals surface area (Å²) in [6.45, 7) is 5.02. The van der Waals surface area contributed by atoms with Gasteiger partial charge in [-0.25, -0.2) is 0 Å². The second-order valence-electron chi connectivity index (χ2n) is 7.38. The van der Waals surface area contributed by atoms with E-state index in [9.17, 15) is 4.79 Å². The standard InChI is InChI=1S/C17H21N3OS/c1-17-10-20(8-14(17)11-2-3-13(17)6-11)9-15(21)19-16-12(7-18)4-5-22-16/h4-5,11,13-14H,2-3,6,8-10H2,1H3,(H,19,21)/t11-,13+,14?,17-/m1/s1. The second-order valence-corrected chi connectivity index (χ2v) is 8.29. The smallest absolute Gasteiger partial charge is 0.239 e. The number of amides is 1. The van der Waals surface area contributed by atoms with E-state index in [1.165, 1.54) is 30.6 Å². The largest absolute Gasteiger partial charge is 0.315 e. The predicted octanol–water partition coefficient (Wildman–Crippen LogP) is 2.93. The maximum atomic E-state index is 12.3. The van der Waals surface area contributed by atoms with Crippen LogP contribution in [0.15, 0.2) is 11.4 Å². The van der Waals surface area contributed by atoms with Crippen LogP contribution in [-0.2, 0) is 4.79 Å². The van der Waals surface area contributed by atoms with Gasteiger partial charge in [0.15, 0.2) is 0 Å². The molecule has 2 heterocycles. The van der Waals surface area contributed by atoms with E-state index in [1.807, 2.05) is 5.38 Å². The van der Waals surface area contributed by atoms with E-state index < -0.39 is 0 Å². The first-order valence-electron chi connectivity index (χ1n) is 8.10. The van der Waals surface area contributed by atoms with Gasteiger partial charge >= 0.3 is 0 Å². The molecule has 0 aromatic carbocycles. The van der Waals surface area contributed by atoms with Crippen LogP contribution < -0.4 is 5.32 Å². The van der Waals surface area contributed by atoms with Crippen molar-refractivity contribution >= 4 is 22.2 Å². The highest BCUT2D eigenvalue weighted by atomic mass is 32.1. The molecular formula is C17H21N3OS. The fourth-order valence-corrected chi connectivity index (χ4v) is 5.99. The van der Waals surface area contributed by atoms with Crippen molar-refractivity contribution in [3.05, 3.63) is 17.0 Å². The highest BCUT2D eigenvalue weighted by molar-refractivity contribution is 7.14. The molecule has 4 rings (SSSR count). The lowest BCUT2D eigenvalue weighted by Crippen LogP contribution is -2.35. The Morgan fingerprint density at radius 2 is 2.45 bits per heavy atom. The number of thiophene rings is 1. The Labute approximate surface area is 135 Å². The Balaban J connectivity index is 1.39. The first-order chi connectivity index (χ1) is 10.6. The fourth-order valence-electron chi connectivity index (χ4n) is 5.23. The van der Waals surface area contributed by atoms with Crippen molar-refractivity contribution in [1.29, 1.82) is 5.26 Å². The van der Waals surface area contributed by atoms with Gasteiger partial charge in [0.05, 0.1) is 12.1 Å². The molecule has 1 aliphatic heterocycles. The number of nitriles is 1. The molecule has 0 radical (unpaired) electrons. The van der Waals surface area contributed by atoms with Gasteiger partial charge in [0.1, 0.15) is 11.1 Å². The monoisotopic (exact) mass is 315 g/mol. The van der Waals surface area contributed by atoms with Crippen LogP contribution in [0.25, 0.3) is 0 Å². The van der Waals surface area contributed by atoms with E-state index in [1.54, 1.807) is 6.07 Å². The zero-order valence-corrected chi connectivity index (χ0v) is 13.7. The van der Waals surface area contributed by atoms with Crippen LogP contribution in [0.5, 0.6) is 0 Å². The number of nitrogens with zero attached hydrogens (tertiary/aromatic N) is 2. The van der Waals surface area contributed by atoms with Gasteiger partial charge in [0.25, 0.3) is 0 Å². The molecule has 116 valence electrons. The number of likely N-dealkylation sites (tertiary alicyclic amines) is 1. The quantitative estimate of drug-likeness (QED) is 0.933. The normalized spacial score (nSPS) is 36.3. The summed E-state index contributed by atoms with van der Waals surface area (Å²) in [5.74, 6) is 2.56. The SMILES string of the molecule is C[C@]12CN(CC(=O)Nc3sccc3C#N)CC1[C@@H]1CC[C@H]2C1. The molecule has 3 fully saturated rings. The molecule has 1 saturated heterocycles. The molecule has 1 unspecified atom stereocenters. The van der Waals surface area contributed by atoms with Gasteiger partial charge in [0, 0.05) is 13.1 Å². The van der Waals surface area contributed by atoms with Gasteiger partial charge in [0.2, 0.25) is 5.91 Å². The van der Waals surface area contributed by atoms with Crippen molar-refractivity contribution in [2.24, 2.45) is 23.2 Å². The minimum Gasteiger partial charge on any atom is -0.315 e. The molecule has 1 amide bonds. The van der Waals surface area contributed by atoms with Crippen LogP contribution in [0.2, 0.25) is 0 Å². The van der Waals surface area contributed by atoms with Crippen LogP contribution in [0, 0.1) is 34.5 Å². The molecule has 1 aromatic heterocycles. The maximum Gasteiger partial charge on any atom is 0.239 e. The summed E-state index contributed by atoms with van der Waals surface area (Å²) in [6.07, 6.45) is 4.20. The highest BCUT2D eigenvalue weighted by Crippen LogP contribution is 2.62. The van der Waals surface area contributed by atoms with E-state index in [-0.39, 0.29) is 5.91 Å². The Morgan fingerprint density at radius 1 is 1.59 bits per heavy atom. The molecule has 4 atom stereocenters. The van der Waals surface area contributed by atoms with E-state index in [0.29, 0.717) is 22.5 Å². The lowest BCUT2D eigenvalue weighted by molar-refractivity contribution is -0.117. The maximum absolute atomic E-state index is 12.3. The zero-order chi connectivity index (χ0) is 15.3. The minimum absolute atomic E-state index is 0.00914. The average molecular weight is 315 g/mol. The molecule has 1 N–H and O–H groups in total. The predicted molar refractivity (Wildman–Crippen MR) is 86.5 cm³/mol. The second kappa shape index (κ2) is 5.07. The molecule has 2 saturated carbocycles. The lowest BCUT2D eigenvalue weighted by atomic mass is 9.70. The minimum atomic E-state index is 0.00914. The Morgan fingerprint density at radius 3 is 3.23 bits per heavy atom. The number of carbonyl (C=O) groups excluding carboxylic acids is 1. The van der Waals surface area contributed by atoms with Crippen molar-refractivity contribution in [3.63, 3.8) is 0 Å². The van der Waals surface area contributed by atoms with Crippen LogP contribution in [0.3, 0.4) is 0 Å². The average Bonchev–Trinajstić information content (AvgIpc) is 3.19. The van der Waals surface area contributed by atoms with Crippen molar-refractivity contribution < 1.29 is 4.79 Å². The van der Waals surface area contributed by atoms with Crippen molar-refractivity contribution in [1.82, 2.24) is 4.90 Å². The molecule has 5 heteroatoms. The first-order valence-corrected chi connectivity index (χ1v) is 8.98. The van der Waals surface area contributed by atoms with Gasteiger partial charge < -0.3 is 5.32 Å². The van der Waals surface area contributed by atoms with Crippen LogP contribution in [-0.4, -0.2) is 30.4 Å². The summed E-state index contributed by atoms with van der Waals surface area (Å²) in [4.78, 5) is 14.6. The van der Waals surface area contributed by atoms with Gasteiger partial charge in [-0.3, -0.25) is 9.69 Å². The highest BCUT2D eigenvalue weighted by Gasteiger charge is 2.59. The van der Waals surface area contributed by atoms with E-state index in [2.05, 4.69) is 23.2 Å². The Kier molecular flexibility index (Phi) is 3.28. The van der Waals surface area contributed by atoms with Crippen LogP contribution in [0.1, 0.15) is 31.7 Å². The molecule has 4 nitrogen and oxygen atoms in total. The summed E-state index contributed by atoms with van der Waals surface area (Å²) in [6, 6.07) is 3.86. The van der Waals surface area contributed by atoms with Crippen LogP contribution >= 0.6 is 11.3 Å². The van der Waals surface area contributed by atoms with E-state index in [0.717, 1.165) is 30.8 Å².